The third-order valence-corrected chi connectivity index (χ3v) is 4.04. The zero-order valence-electron chi connectivity index (χ0n) is 10.8. The van der Waals surface area contributed by atoms with E-state index >= 15 is 0 Å². The van der Waals surface area contributed by atoms with Crippen LogP contribution in [0, 0.1) is 0 Å². The van der Waals surface area contributed by atoms with Gasteiger partial charge in [-0.15, -0.1) is 0 Å². The Hall–Kier alpha value is -1.76. The van der Waals surface area contributed by atoms with Crippen molar-refractivity contribution in [3.63, 3.8) is 0 Å². The van der Waals surface area contributed by atoms with Crippen molar-refractivity contribution in [3.05, 3.63) is 11.5 Å². The summed E-state index contributed by atoms with van der Waals surface area (Å²) in [5, 5.41) is 9.31. The number of carboxylic acid groups (broad SMARTS) is 1. The summed E-state index contributed by atoms with van der Waals surface area (Å²) in [7, 11) is 0. The van der Waals surface area contributed by atoms with Crippen LogP contribution < -0.4 is 9.64 Å². The van der Waals surface area contributed by atoms with Gasteiger partial charge in [0.25, 0.3) is 0 Å². The molecule has 2 aliphatic heterocycles. The van der Waals surface area contributed by atoms with Crippen molar-refractivity contribution in [1.29, 1.82) is 0 Å². The smallest absolute Gasteiger partial charge is 0.407 e. The number of hydrogen-bond acceptors (Lipinski definition) is 5. The highest BCUT2D eigenvalue weighted by molar-refractivity contribution is 6.31. The van der Waals surface area contributed by atoms with E-state index in [1.165, 1.54) is 11.2 Å². The second-order valence-electron chi connectivity index (χ2n) is 4.86. The van der Waals surface area contributed by atoms with Gasteiger partial charge in [0.05, 0.1) is 6.54 Å². The van der Waals surface area contributed by atoms with Crippen LogP contribution in [0.4, 0.5) is 10.6 Å². The van der Waals surface area contributed by atoms with Crippen molar-refractivity contribution in [2.75, 3.05) is 31.1 Å². The summed E-state index contributed by atoms with van der Waals surface area (Å²) in [6.45, 7) is 2.37. The Morgan fingerprint density at radius 2 is 2.10 bits per heavy atom. The molecule has 1 amide bonds. The Kier molecular flexibility index (Phi) is 3.52. The van der Waals surface area contributed by atoms with Crippen LogP contribution in [0.3, 0.4) is 0 Å². The molecule has 0 saturated carbocycles. The van der Waals surface area contributed by atoms with E-state index < -0.39 is 6.09 Å². The van der Waals surface area contributed by atoms with E-state index in [0.717, 1.165) is 19.4 Å². The lowest BCUT2D eigenvalue weighted by atomic mass is 10.0. The largest absolute Gasteiger partial charge is 0.485 e. The summed E-state index contributed by atoms with van der Waals surface area (Å²) in [6.07, 6.45) is 2.15. The number of piperidine rings is 1. The van der Waals surface area contributed by atoms with Gasteiger partial charge < -0.3 is 19.6 Å². The summed E-state index contributed by atoms with van der Waals surface area (Å²) in [4.78, 5) is 22.7. The normalized spacial score (nSPS) is 19.4. The Bertz CT molecular complexity index is 519. The first-order chi connectivity index (χ1) is 9.66. The summed E-state index contributed by atoms with van der Waals surface area (Å²) in [6, 6.07) is 0.263. The molecular formula is C12H15ClN4O3. The number of amides is 1. The third-order valence-electron chi connectivity index (χ3n) is 3.77. The van der Waals surface area contributed by atoms with Gasteiger partial charge in [0, 0.05) is 19.1 Å². The van der Waals surface area contributed by atoms with E-state index in [1.54, 1.807) is 0 Å². The molecule has 1 aromatic rings. The number of nitrogens with zero attached hydrogens (tertiary/aromatic N) is 4. The highest BCUT2D eigenvalue weighted by atomic mass is 35.5. The van der Waals surface area contributed by atoms with Crippen LogP contribution in [0.2, 0.25) is 5.15 Å². The van der Waals surface area contributed by atoms with Gasteiger partial charge in [0.15, 0.2) is 16.7 Å². The highest BCUT2D eigenvalue weighted by Gasteiger charge is 2.31. The number of aromatic nitrogens is 2. The molecule has 1 saturated heterocycles. The Labute approximate surface area is 121 Å². The summed E-state index contributed by atoms with van der Waals surface area (Å²) in [5.74, 6) is 1.24. The van der Waals surface area contributed by atoms with Crippen molar-refractivity contribution >= 4 is 23.5 Å². The molecule has 8 heteroatoms. The molecule has 1 fully saturated rings. The van der Waals surface area contributed by atoms with Crippen LogP contribution >= 0.6 is 11.6 Å². The van der Waals surface area contributed by atoms with Crippen molar-refractivity contribution in [3.8, 4) is 5.75 Å². The molecule has 0 radical (unpaired) electrons. The lowest BCUT2D eigenvalue weighted by molar-refractivity contribution is 0.130. The van der Waals surface area contributed by atoms with E-state index in [2.05, 4.69) is 14.9 Å². The van der Waals surface area contributed by atoms with Gasteiger partial charge in [-0.3, -0.25) is 0 Å². The SMILES string of the molecule is O=C(O)N1CCC(N2CCOc3c(Cl)ncnc32)CC1. The Balaban J connectivity index is 1.77. The first-order valence-corrected chi connectivity index (χ1v) is 6.92. The second kappa shape index (κ2) is 5.32. The van der Waals surface area contributed by atoms with Gasteiger partial charge in [-0.05, 0) is 12.8 Å². The number of halogens is 1. The summed E-state index contributed by atoms with van der Waals surface area (Å²) in [5.41, 5.74) is 0. The molecule has 0 aromatic carbocycles. The summed E-state index contributed by atoms with van der Waals surface area (Å²) >= 11 is 6.02. The molecule has 2 aliphatic rings. The minimum absolute atomic E-state index is 0.263. The lowest BCUT2D eigenvalue weighted by Gasteiger charge is -2.40. The van der Waals surface area contributed by atoms with Gasteiger partial charge in [0.2, 0.25) is 0 Å². The van der Waals surface area contributed by atoms with E-state index in [9.17, 15) is 4.79 Å². The van der Waals surface area contributed by atoms with Crippen molar-refractivity contribution in [2.24, 2.45) is 0 Å². The topological polar surface area (TPSA) is 78.8 Å². The highest BCUT2D eigenvalue weighted by Crippen LogP contribution is 2.36. The standard InChI is InChI=1S/C12H15ClN4O3/c13-10-9-11(15-7-14-10)17(5-6-20-9)8-1-3-16(4-2-8)12(18)19/h7-8H,1-6H2,(H,18,19). The van der Waals surface area contributed by atoms with Crippen LogP contribution in [0.1, 0.15) is 12.8 Å². The molecule has 0 bridgehead atoms. The average molecular weight is 299 g/mol. The molecular weight excluding hydrogens is 284 g/mol. The zero-order chi connectivity index (χ0) is 14.1. The Morgan fingerprint density at radius 1 is 1.35 bits per heavy atom. The molecule has 7 nitrogen and oxygen atoms in total. The fourth-order valence-electron chi connectivity index (χ4n) is 2.75. The van der Waals surface area contributed by atoms with Gasteiger partial charge >= 0.3 is 6.09 Å². The quantitative estimate of drug-likeness (QED) is 0.791. The van der Waals surface area contributed by atoms with Crippen LogP contribution in [0.25, 0.3) is 0 Å². The molecule has 1 aromatic heterocycles. The van der Waals surface area contributed by atoms with Gasteiger partial charge in [-0.1, -0.05) is 11.6 Å². The maximum absolute atomic E-state index is 10.9. The number of rotatable bonds is 1. The number of anilines is 1. The molecule has 3 heterocycles. The molecule has 0 unspecified atom stereocenters. The number of carbonyl (C=O) groups is 1. The van der Waals surface area contributed by atoms with E-state index in [0.29, 0.717) is 36.4 Å². The van der Waals surface area contributed by atoms with Crippen molar-refractivity contribution < 1.29 is 14.6 Å². The number of ether oxygens (including phenoxy) is 1. The third kappa shape index (κ3) is 2.33. The van der Waals surface area contributed by atoms with Crippen molar-refractivity contribution in [1.82, 2.24) is 14.9 Å². The molecule has 1 N–H and O–H groups in total. The van der Waals surface area contributed by atoms with Crippen LogP contribution in [-0.4, -0.2) is 58.4 Å². The number of fused-ring (bicyclic) bond motifs is 1. The minimum atomic E-state index is -0.851. The molecule has 108 valence electrons. The van der Waals surface area contributed by atoms with E-state index in [-0.39, 0.29) is 6.04 Å². The first-order valence-electron chi connectivity index (χ1n) is 6.54. The average Bonchev–Trinajstić information content (AvgIpc) is 2.47. The van der Waals surface area contributed by atoms with Gasteiger partial charge in [-0.25, -0.2) is 14.8 Å². The molecule has 0 spiro atoms. The van der Waals surface area contributed by atoms with Crippen LogP contribution in [-0.2, 0) is 0 Å². The summed E-state index contributed by atoms with van der Waals surface area (Å²) < 4.78 is 5.53. The maximum Gasteiger partial charge on any atom is 0.407 e. The van der Waals surface area contributed by atoms with Crippen LogP contribution in [0.15, 0.2) is 6.33 Å². The van der Waals surface area contributed by atoms with E-state index in [1.807, 2.05) is 0 Å². The fraction of sp³-hybridized carbons (Fsp3) is 0.583. The second-order valence-corrected chi connectivity index (χ2v) is 5.22. The number of likely N-dealkylation sites (tertiary alicyclic amines) is 1. The van der Waals surface area contributed by atoms with E-state index in [4.69, 9.17) is 21.4 Å². The number of hydrogen-bond donors (Lipinski definition) is 1. The maximum atomic E-state index is 10.9. The molecule has 20 heavy (non-hydrogen) atoms. The van der Waals surface area contributed by atoms with Gasteiger partial charge in [0.1, 0.15) is 12.9 Å². The van der Waals surface area contributed by atoms with Crippen molar-refractivity contribution in [2.45, 2.75) is 18.9 Å². The predicted octanol–water partition coefficient (Wildman–Crippen LogP) is 1.47. The van der Waals surface area contributed by atoms with Crippen LogP contribution in [0.5, 0.6) is 5.75 Å². The predicted molar refractivity (Wildman–Crippen MR) is 72.5 cm³/mol. The molecule has 0 aliphatic carbocycles. The fourth-order valence-corrected chi connectivity index (χ4v) is 2.93. The monoisotopic (exact) mass is 298 g/mol. The molecule has 0 atom stereocenters. The van der Waals surface area contributed by atoms with Gasteiger partial charge in [-0.2, -0.15) is 0 Å². The minimum Gasteiger partial charge on any atom is -0.485 e. The molecule has 3 rings (SSSR count). The zero-order valence-corrected chi connectivity index (χ0v) is 11.6. The Morgan fingerprint density at radius 3 is 2.80 bits per heavy atom. The first kappa shape index (κ1) is 13.2. The lowest BCUT2D eigenvalue weighted by Crippen LogP contribution is -2.49.